The monoisotopic (exact) mass is 424 g/mol. The molecule has 0 atom stereocenters. The van der Waals surface area contributed by atoms with Crippen LogP contribution in [0.5, 0.6) is 11.5 Å². The first-order valence-electron chi connectivity index (χ1n) is 7.43. The minimum absolute atomic E-state index is 0.306. The largest absolute Gasteiger partial charge is 0.507 e. The maximum atomic E-state index is 11.7. The highest BCUT2D eigenvalue weighted by molar-refractivity contribution is 7.86. The van der Waals surface area contributed by atoms with Gasteiger partial charge in [0.1, 0.15) is 22.1 Å². The van der Waals surface area contributed by atoms with Crippen molar-refractivity contribution in [3.63, 3.8) is 0 Å². The van der Waals surface area contributed by atoms with Gasteiger partial charge in [0.25, 0.3) is 20.2 Å². The summed E-state index contributed by atoms with van der Waals surface area (Å²) in [5, 5.41) is 27.0. The molecule has 0 radical (unpaired) electrons. The normalized spacial score (nSPS) is 12.6. The average molecular weight is 424 g/mol. The lowest BCUT2D eigenvalue weighted by Gasteiger charge is -2.11. The third kappa shape index (κ3) is 3.80. The van der Waals surface area contributed by atoms with E-state index in [1.54, 1.807) is 30.3 Å². The number of aromatic hydroxyl groups is 2. The first-order chi connectivity index (χ1) is 13.0. The molecule has 3 rings (SSSR count). The van der Waals surface area contributed by atoms with E-state index in [1.165, 1.54) is 0 Å². The minimum atomic E-state index is -4.92. The van der Waals surface area contributed by atoms with E-state index in [1.807, 2.05) is 0 Å². The molecule has 10 nitrogen and oxygen atoms in total. The maximum Gasteiger partial charge on any atom is 0.296 e. The summed E-state index contributed by atoms with van der Waals surface area (Å²) in [6, 6.07) is 10.2. The van der Waals surface area contributed by atoms with Crippen LogP contribution in [0.1, 0.15) is 0 Å². The SMILES string of the molecule is O=S(=O)(O)c1cc(O)c2c(O)cc(S(=O)(=O)O)c(N=Nc3ccccc3)c2c1. The third-order valence-electron chi connectivity index (χ3n) is 3.70. The summed E-state index contributed by atoms with van der Waals surface area (Å²) in [6.07, 6.45) is 0. The lowest BCUT2D eigenvalue weighted by atomic mass is 10.1. The second-order valence-electron chi connectivity index (χ2n) is 5.59. The van der Waals surface area contributed by atoms with Crippen molar-refractivity contribution in [1.82, 2.24) is 0 Å². The molecule has 4 N–H and O–H groups in total. The van der Waals surface area contributed by atoms with Crippen LogP contribution in [-0.2, 0) is 20.2 Å². The lowest BCUT2D eigenvalue weighted by molar-refractivity contribution is 0.457. The zero-order chi connectivity index (χ0) is 20.7. The second kappa shape index (κ2) is 6.83. The number of phenolic OH excluding ortho intramolecular Hbond substituents is 2. The lowest BCUT2D eigenvalue weighted by Crippen LogP contribution is -2.01. The van der Waals surface area contributed by atoms with Crippen molar-refractivity contribution in [2.45, 2.75) is 9.79 Å². The molecule has 0 heterocycles. The fourth-order valence-corrected chi connectivity index (χ4v) is 3.69. The van der Waals surface area contributed by atoms with E-state index in [0.717, 1.165) is 6.07 Å². The van der Waals surface area contributed by atoms with Crippen LogP contribution in [0.2, 0.25) is 0 Å². The molecular weight excluding hydrogens is 412 g/mol. The predicted octanol–water partition coefficient (Wildman–Crippen LogP) is 3.16. The molecule has 0 saturated heterocycles. The van der Waals surface area contributed by atoms with Gasteiger partial charge in [-0.2, -0.15) is 21.9 Å². The van der Waals surface area contributed by atoms with Gasteiger partial charge in [0.05, 0.1) is 16.0 Å². The number of hydrogen-bond donors (Lipinski definition) is 4. The molecule has 3 aromatic rings. The fourth-order valence-electron chi connectivity index (χ4n) is 2.51. The molecule has 0 spiro atoms. The molecule has 146 valence electrons. The van der Waals surface area contributed by atoms with E-state index in [9.17, 15) is 36.2 Å². The van der Waals surface area contributed by atoms with Gasteiger partial charge in [0.2, 0.25) is 0 Å². The number of benzene rings is 3. The topological polar surface area (TPSA) is 174 Å². The van der Waals surface area contributed by atoms with Crippen molar-refractivity contribution in [1.29, 1.82) is 0 Å². The van der Waals surface area contributed by atoms with Crippen molar-refractivity contribution in [3.8, 4) is 11.5 Å². The molecule has 0 saturated carbocycles. The van der Waals surface area contributed by atoms with Crippen molar-refractivity contribution < 1.29 is 36.2 Å². The van der Waals surface area contributed by atoms with Gasteiger partial charge in [-0.15, -0.1) is 5.11 Å². The van der Waals surface area contributed by atoms with Gasteiger partial charge in [0.15, 0.2) is 0 Å². The van der Waals surface area contributed by atoms with Crippen molar-refractivity contribution in [2.75, 3.05) is 0 Å². The number of nitrogens with zero attached hydrogens (tertiary/aromatic N) is 2. The Morgan fingerprint density at radius 2 is 1.36 bits per heavy atom. The van der Waals surface area contributed by atoms with Gasteiger partial charge in [0, 0.05) is 17.5 Å². The molecular formula is C16H12N2O8S2. The smallest absolute Gasteiger partial charge is 0.296 e. The molecule has 0 aliphatic carbocycles. The predicted molar refractivity (Wildman–Crippen MR) is 97.5 cm³/mol. The molecule has 12 heteroatoms. The summed E-state index contributed by atoms with van der Waals surface area (Å²) in [5.74, 6) is -1.53. The zero-order valence-electron chi connectivity index (χ0n) is 13.8. The average Bonchev–Trinajstić information content (AvgIpc) is 2.59. The Balaban J connectivity index is 2.45. The van der Waals surface area contributed by atoms with E-state index >= 15 is 0 Å². The second-order valence-corrected chi connectivity index (χ2v) is 8.40. The van der Waals surface area contributed by atoms with Gasteiger partial charge in [-0.05, 0) is 18.2 Å². The molecule has 28 heavy (non-hydrogen) atoms. The standard InChI is InChI=1S/C16H12N2O8S2/c19-12-7-10(27(21,22)23)6-11-15(12)13(20)8-14(28(24,25)26)16(11)18-17-9-4-2-1-3-5-9/h1-8,19-20H,(H,21,22,23)(H,24,25,26). The summed E-state index contributed by atoms with van der Waals surface area (Å²) >= 11 is 0. The third-order valence-corrected chi connectivity index (χ3v) is 5.40. The van der Waals surface area contributed by atoms with Crippen molar-refractivity contribution in [2.24, 2.45) is 10.2 Å². The summed E-state index contributed by atoms with van der Waals surface area (Å²) in [7, 11) is -9.71. The van der Waals surface area contributed by atoms with Gasteiger partial charge in [-0.3, -0.25) is 9.11 Å². The van der Waals surface area contributed by atoms with E-state index in [-0.39, 0.29) is 10.8 Å². The minimum Gasteiger partial charge on any atom is -0.507 e. The van der Waals surface area contributed by atoms with Gasteiger partial charge < -0.3 is 10.2 Å². The van der Waals surface area contributed by atoms with Crippen molar-refractivity contribution in [3.05, 3.63) is 48.5 Å². The van der Waals surface area contributed by atoms with Crippen LogP contribution in [0.15, 0.2) is 68.6 Å². The molecule has 3 aromatic carbocycles. The number of fused-ring (bicyclic) bond motifs is 1. The first-order valence-corrected chi connectivity index (χ1v) is 10.3. The Bertz CT molecular complexity index is 1310. The van der Waals surface area contributed by atoms with Gasteiger partial charge in [-0.1, -0.05) is 18.2 Å². The Hall–Kier alpha value is -3.06. The molecule has 0 fully saturated rings. The summed E-state index contributed by atoms with van der Waals surface area (Å²) in [5.41, 5.74) is -0.236. The number of azo groups is 1. The highest BCUT2D eigenvalue weighted by Gasteiger charge is 2.25. The van der Waals surface area contributed by atoms with E-state index in [2.05, 4.69) is 10.2 Å². The molecule has 0 amide bonds. The fraction of sp³-hybridized carbons (Fsp3) is 0. The van der Waals surface area contributed by atoms with Crippen LogP contribution in [0.4, 0.5) is 11.4 Å². The zero-order valence-corrected chi connectivity index (χ0v) is 15.4. The van der Waals surface area contributed by atoms with Gasteiger partial charge in [-0.25, -0.2) is 0 Å². The molecule has 0 unspecified atom stereocenters. The van der Waals surface area contributed by atoms with Crippen molar-refractivity contribution >= 4 is 42.4 Å². The number of phenols is 2. The Kier molecular flexibility index (Phi) is 4.81. The molecule has 0 aliphatic rings. The molecule has 0 aromatic heterocycles. The number of rotatable bonds is 4. The maximum absolute atomic E-state index is 11.7. The van der Waals surface area contributed by atoms with E-state index in [0.29, 0.717) is 17.8 Å². The highest BCUT2D eigenvalue weighted by Crippen LogP contribution is 2.44. The quantitative estimate of drug-likeness (QED) is 0.365. The summed E-state index contributed by atoms with van der Waals surface area (Å²) in [4.78, 5) is -1.65. The number of hydrogen-bond acceptors (Lipinski definition) is 8. The van der Waals surface area contributed by atoms with Crippen LogP contribution in [0.25, 0.3) is 10.8 Å². The van der Waals surface area contributed by atoms with Crippen LogP contribution in [-0.4, -0.2) is 36.2 Å². The Morgan fingerprint density at radius 1 is 0.750 bits per heavy atom. The molecule has 0 bridgehead atoms. The summed E-state index contributed by atoms with van der Waals surface area (Å²) < 4.78 is 65.1. The van der Waals surface area contributed by atoms with E-state index in [4.69, 9.17) is 0 Å². The van der Waals surface area contributed by atoms with Gasteiger partial charge >= 0.3 is 0 Å². The van der Waals surface area contributed by atoms with Crippen LogP contribution in [0.3, 0.4) is 0 Å². The summed E-state index contributed by atoms with van der Waals surface area (Å²) in [6.45, 7) is 0. The van der Waals surface area contributed by atoms with Crippen LogP contribution < -0.4 is 0 Å². The van der Waals surface area contributed by atoms with Crippen LogP contribution >= 0.6 is 0 Å². The highest BCUT2D eigenvalue weighted by atomic mass is 32.2. The first kappa shape index (κ1) is 19.7. The Labute approximate surface area is 158 Å². The van der Waals surface area contributed by atoms with E-state index < -0.39 is 47.2 Å². The molecule has 0 aliphatic heterocycles. The van der Waals surface area contributed by atoms with Crippen LogP contribution in [0, 0.1) is 0 Å². The Morgan fingerprint density at radius 3 is 1.93 bits per heavy atom.